The predicted octanol–water partition coefficient (Wildman–Crippen LogP) is 3.64. The lowest BCUT2D eigenvalue weighted by atomic mass is 9.97. The molecule has 2 aromatic rings. The highest BCUT2D eigenvalue weighted by Crippen LogP contribution is 2.28. The predicted molar refractivity (Wildman–Crippen MR) is 93.4 cm³/mol. The molecule has 2 aromatic carbocycles. The number of non-ortho nitro benzene ring substituents is 1. The molecule has 25 heavy (non-hydrogen) atoms. The molecule has 0 saturated carbocycles. The van der Waals surface area contributed by atoms with Crippen LogP contribution < -0.4 is 10.6 Å². The molecule has 1 aliphatic heterocycles. The van der Waals surface area contributed by atoms with Crippen LogP contribution in [-0.4, -0.2) is 23.6 Å². The Kier molecular flexibility index (Phi) is 5.25. The van der Waals surface area contributed by atoms with Gasteiger partial charge in [-0.2, -0.15) is 0 Å². The lowest BCUT2D eigenvalue weighted by Crippen LogP contribution is -2.42. The molecule has 2 amide bonds. The summed E-state index contributed by atoms with van der Waals surface area (Å²) in [5, 5.41) is 16.3. The van der Waals surface area contributed by atoms with Crippen LogP contribution in [0.3, 0.4) is 0 Å². The van der Waals surface area contributed by atoms with Gasteiger partial charge in [0.25, 0.3) is 5.69 Å². The second-order valence-electron chi connectivity index (χ2n) is 5.90. The number of nitrogens with zero attached hydrogens (tertiary/aromatic N) is 1. The van der Waals surface area contributed by atoms with E-state index in [1.165, 1.54) is 18.2 Å². The summed E-state index contributed by atoms with van der Waals surface area (Å²) in [5.41, 5.74) is 1.42. The zero-order valence-electron chi connectivity index (χ0n) is 13.6. The van der Waals surface area contributed by atoms with Gasteiger partial charge < -0.3 is 15.4 Å². The number of carbonyl (C=O) groups excluding carboxylic acids is 1. The van der Waals surface area contributed by atoms with E-state index < -0.39 is 4.92 Å². The number of ether oxygens (including phenoxy) is 1. The summed E-state index contributed by atoms with van der Waals surface area (Å²) in [6.45, 7) is 0.571. The van der Waals surface area contributed by atoms with Crippen molar-refractivity contribution in [3.63, 3.8) is 0 Å². The van der Waals surface area contributed by atoms with E-state index in [2.05, 4.69) is 10.6 Å². The summed E-state index contributed by atoms with van der Waals surface area (Å²) in [6, 6.07) is 15.4. The first-order valence-corrected chi connectivity index (χ1v) is 8.10. The van der Waals surface area contributed by atoms with Crippen LogP contribution in [0.1, 0.15) is 24.5 Å². The van der Waals surface area contributed by atoms with Crippen molar-refractivity contribution in [3.05, 3.63) is 70.3 Å². The number of benzene rings is 2. The van der Waals surface area contributed by atoms with Crippen LogP contribution in [0.25, 0.3) is 0 Å². The SMILES string of the molecule is O=C(Nc1cccc([N+](=O)[O-])c1)NC1CCOC(c2ccccc2)C1. The number of rotatable bonds is 4. The Morgan fingerprint density at radius 2 is 1.96 bits per heavy atom. The molecule has 0 aromatic heterocycles. The maximum Gasteiger partial charge on any atom is 0.319 e. The van der Waals surface area contributed by atoms with Gasteiger partial charge in [0.1, 0.15) is 0 Å². The molecular weight excluding hydrogens is 322 g/mol. The van der Waals surface area contributed by atoms with Crippen molar-refractivity contribution < 1.29 is 14.5 Å². The molecule has 1 aliphatic rings. The number of nitro benzene ring substituents is 1. The lowest BCUT2D eigenvalue weighted by molar-refractivity contribution is -0.384. The second-order valence-corrected chi connectivity index (χ2v) is 5.90. The fourth-order valence-corrected chi connectivity index (χ4v) is 2.88. The number of nitrogens with one attached hydrogen (secondary N) is 2. The van der Waals surface area contributed by atoms with E-state index >= 15 is 0 Å². The molecule has 1 fully saturated rings. The smallest absolute Gasteiger partial charge is 0.319 e. The van der Waals surface area contributed by atoms with Crippen LogP contribution in [0.2, 0.25) is 0 Å². The average Bonchev–Trinajstić information content (AvgIpc) is 2.63. The highest BCUT2D eigenvalue weighted by atomic mass is 16.6. The maximum absolute atomic E-state index is 12.2. The quantitative estimate of drug-likeness (QED) is 0.656. The summed E-state index contributed by atoms with van der Waals surface area (Å²) in [6.07, 6.45) is 1.37. The van der Waals surface area contributed by atoms with Crippen LogP contribution in [0, 0.1) is 10.1 Å². The molecule has 1 heterocycles. The Labute approximate surface area is 145 Å². The molecule has 7 nitrogen and oxygen atoms in total. The van der Waals surface area contributed by atoms with E-state index in [9.17, 15) is 14.9 Å². The van der Waals surface area contributed by atoms with E-state index in [1.807, 2.05) is 30.3 Å². The fraction of sp³-hybridized carbons (Fsp3) is 0.278. The Morgan fingerprint density at radius 1 is 1.16 bits per heavy atom. The van der Waals surface area contributed by atoms with Gasteiger partial charge in [0.15, 0.2) is 0 Å². The van der Waals surface area contributed by atoms with E-state index in [-0.39, 0.29) is 23.9 Å². The standard InChI is InChI=1S/C18H19N3O4/c22-18(19-14-7-4-8-16(11-14)21(23)24)20-15-9-10-25-17(12-15)13-5-2-1-3-6-13/h1-8,11,15,17H,9-10,12H2,(H2,19,20,22). The van der Waals surface area contributed by atoms with Crippen molar-refractivity contribution in [1.29, 1.82) is 0 Å². The van der Waals surface area contributed by atoms with Gasteiger partial charge in [-0.25, -0.2) is 4.79 Å². The number of hydrogen-bond acceptors (Lipinski definition) is 4. The van der Waals surface area contributed by atoms with Crippen molar-refractivity contribution in [2.75, 3.05) is 11.9 Å². The summed E-state index contributed by atoms with van der Waals surface area (Å²) >= 11 is 0. The number of urea groups is 1. The summed E-state index contributed by atoms with van der Waals surface area (Å²) < 4.78 is 5.79. The number of nitro groups is 1. The zero-order chi connectivity index (χ0) is 17.6. The van der Waals surface area contributed by atoms with Gasteiger partial charge in [-0.15, -0.1) is 0 Å². The maximum atomic E-state index is 12.2. The number of hydrogen-bond donors (Lipinski definition) is 2. The minimum atomic E-state index is -0.494. The summed E-state index contributed by atoms with van der Waals surface area (Å²) in [4.78, 5) is 22.5. The number of carbonyl (C=O) groups is 1. The van der Waals surface area contributed by atoms with Gasteiger partial charge in [0.05, 0.1) is 11.0 Å². The van der Waals surface area contributed by atoms with E-state index in [1.54, 1.807) is 6.07 Å². The van der Waals surface area contributed by atoms with Gasteiger partial charge in [0, 0.05) is 30.5 Å². The summed E-state index contributed by atoms with van der Waals surface area (Å²) in [5.74, 6) is 0. The van der Waals surface area contributed by atoms with Gasteiger partial charge in [0.2, 0.25) is 0 Å². The Bertz CT molecular complexity index is 751. The second kappa shape index (κ2) is 7.76. The van der Waals surface area contributed by atoms with Crippen molar-refractivity contribution in [1.82, 2.24) is 5.32 Å². The summed E-state index contributed by atoms with van der Waals surface area (Å²) in [7, 11) is 0. The first-order chi connectivity index (χ1) is 12.1. The molecule has 7 heteroatoms. The van der Waals surface area contributed by atoms with Crippen molar-refractivity contribution in [2.24, 2.45) is 0 Å². The average molecular weight is 341 g/mol. The minimum absolute atomic E-state index is 0.0161. The first kappa shape index (κ1) is 16.9. The van der Waals surface area contributed by atoms with E-state index in [4.69, 9.17) is 4.74 Å². The van der Waals surface area contributed by atoms with E-state index in [0.717, 1.165) is 12.0 Å². The van der Waals surface area contributed by atoms with Crippen molar-refractivity contribution in [2.45, 2.75) is 25.0 Å². The monoisotopic (exact) mass is 341 g/mol. The molecule has 130 valence electrons. The zero-order valence-corrected chi connectivity index (χ0v) is 13.6. The van der Waals surface area contributed by atoms with E-state index in [0.29, 0.717) is 18.7 Å². The molecular formula is C18H19N3O4. The van der Waals surface area contributed by atoms with Gasteiger partial charge >= 0.3 is 6.03 Å². The molecule has 3 rings (SSSR count). The highest BCUT2D eigenvalue weighted by Gasteiger charge is 2.25. The van der Waals surface area contributed by atoms with Crippen LogP contribution in [0.4, 0.5) is 16.2 Å². The van der Waals surface area contributed by atoms with Gasteiger partial charge in [-0.1, -0.05) is 36.4 Å². The van der Waals surface area contributed by atoms with Gasteiger partial charge in [-0.05, 0) is 24.5 Å². The molecule has 0 spiro atoms. The lowest BCUT2D eigenvalue weighted by Gasteiger charge is -2.30. The van der Waals surface area contributed by atoms with Gasteiger partial charge in [-0.3, -0.25) is 10.1 Å². The van der Waals surface area contributed by atoms with Crippen molar-refractivity contribution >= 4 is 17.4 Å². The normalized spacial score (nSPS) is 19.8. The Morgan fingerprint density at radius 3 is 2.72 bits per heavy atom. The molecule has 2 unspecified atom stereocenters. The number of anilines is 1. The Balaban J connectivity index is 1.57. The van der Waals surface area contributed by atoms with Crippen LogP contribution in [0.15, 0.2) is 54.6 Å². The number of amides is 2. The topological polar surface area (TPSA) is 93.5 Å². The largest absolute Gasteiger partial charge is 0.373 e. The van der Waals surface area contributed by atoms with Crippen LogP contribution >= 0.6 is 0 Å². The molecule has 2 N–H and O–H groups in total. The Hall–Kier alpha value is -2.93. The minimum Gasteiger partial charge on any atom is -0.373 e. The molecule has 0 bridgehead atoms. The highest BCUT2D eigenvalue weighted by molar-refractivity contribution is 5.89. The molecule has 2 atom stereocenters. The third kappa shape index (κ3) is 4.54. The molecule has 0 aliphatic carbocycles. The first-order valence-electron chi connectivity index (χ1n) is 8.10. The fourth-order valence-electron chi connectivity index (χ4n) is 2.88. The molecule has 0 radical (unpaired) electrons. The third-order valence-corrected chi connectivity index (χ3v) is 4.11. The van der Waals surface area contributed by atoms with Crippen LogP contribution in [-0.2, 0) is 4.74 Å². The van der Waals surface area contributed by atoms with Crippen LogP contribution in [0.5, 0.6) is 0 Å². The van der Waals surface area contributed by atoms with Crippen molar-refractivity contribution in [3.8, 4) is 0 Å². The molecule has 1 saturated heterocycles. The third-order valence-electron chi connectivity index (χ3n) is 4.11.